The van der Waals surface area contributed by atoms with Gasteiger partial charge in [0.1, 0.15) is 0 Å². The third-order valence-electron chi connectivity index (χ3n) is 4.72. The van der Waals surface area contributed by atoms with Gasteiger partial charge >= 0.3 is 5.97 Å². The molecule has 1 aromatic rings. The number of nitrogens with one attached hydrogen (secondary N) is 1. The first-order valence-corrected chi connectivity index (χ1v) is 7.69. The molecule has 0 saturated heterocycles. The van der Waals surface area contributed by atoms with E-state index in [4.69, 9.17) is 5.11 Å². The fourth-order valence-electron chi connectivity index (χ4n) is 2.74. The molecule has 22 heavy (non-hydrogen) atoms. The number of carbonyl (C=O) groups is 1. The molecule has 2 atom stereocenters. The summed E-state index contributed by atoms with van der Waals surface area (Å²) in [6.07, 6.45) is 2.20. The molecule has 1 heterocycles. The van der Waals surface area contributed by atoms with Gasteiger partial charge in [0.2, 0.25) is 0 Å². The van der Waals surface area contributed by atoms with Gasteiger partial charge in [-0.3, -0.25) is 0 Å². The maximum Gasteiger partial charge on any atom is 0.335 e. The number of benzene rings is 1. The molecule has 3 N–H and O–H groups in total. The van der Waals surface area contributed by atoms with Gasteiger partial charge in [0.25, 0.3) is 0 Å². The smallest absolute Gasteiger partial charge is 0.335 e. The van der Waals surface area contributed by atoms with Crippen LogP contribution in [0.25, 0.3) is 0 Å². The van der Waals surface area contributed by atoms with Crippen molar-refractivity contribution in [1.29, 1.82) is 0 Å². The van der Waals surface area contributed by atoms with E-state index in [1.807, 2.05) is 6.92 Å². The van der Waals surface area contributed by atoms with Crippen molar-refractivity contribution in [3.63, 3.8) is 0 Å². The lowest BCUT2D eigenvalue weighted by Crippen LogP contribution is -2.43. The number of anilines is 1. The number of carboxylic acid groups (broad SMARTS) is 1. The Bertz CT molecular complexity index is 613. The van der Waals surface area contributed by atoms with E-state index in [0.717, 1.165) is 17.7 Å². The van der Waals surface area contributed by atoms with Gasteiger partial charge in [-0.25, -0.2) is 4.79 Å². The average Bonchev–Trinajstić information content (AvgIpc) is 2.88. The number of aliphatic hydroxyl groups is 1. The van der Waals surface area contributed by atoms with Crippen molar-refractivity contribution in [2.24, 2.45) is 0 Å². The molecule has 1 aromatic carbocycles. The molecule has 0 radical (unpaired) electrons. The van der Waals surface area contributed by atoms with E-state index < -0.39 is 11.6 Å². The lowest BCUT2D eigenvalue weighted by Gasteiger charge is -2.31. The van der Waals surface area contributed by atoms with Gasteiger partial charge in [0, 0.05) is 5.69 Å². The fourth-order valence-corrected chi connectivity index (χ4v) is 2.74. The summed E-state index contributed by atoms with van der Waals surface area (Å²) in [5.41, 5.74) is 3.95. The van der Waals surface area contributed by atoms with E-state index in [0.29, 0.717) is 18.4 Å². The van der Waals surface area contributed by atoms with E-state index in [1.165, 1.54) is 11.1 Å². The van der Waals surface area contributed by atoms with Crippen LogP contribution in [0.4, 0.5) is 5.69 Å². The molecule has 120 valence electrons. The summed E-state index contributed by atoms with van der Waals surface area (Å²) < 4.78 is 0. The minimum Gasteiger partial charge on any atom is -0.478 e. The number of rotatable bonds is 5. The molecule has 0 bridgehead atoms. The Labute approximate surface area is 131 Å². The Hall–Kier alpha value is -1.81. The van der Waals surface area contributed by atoms with Crippen LogP contribution in [0.2, 0.25) is 0 Å². The Morgan fingerprint density at radius 2 is 2.05 bits per heavy atom. The van der Waals surface area contributed by atoms with Crippen LogP contribution in [0.5, 0.6) is 0 Å². The van der Waals surface area contributed by atoms with Crippen LogP contribution in [-0.2, 0) is 6.42 Å². The number of aromatic carboxylic acids is 1. The Kier molecular flexibility index (Phi) is 4.61. The monoisotopic (exact) mass is 303 g/mol. The standard InChI is InChI=1S/C18H25NO3/c1-11(2)12(3)7-8-18(4,22)16-10-14-9-13(17(20)21)5-6-15(14)19-16/h5-6,9,16,19,22H,7-8,10H2,1-4H3,(H,20,21)/t16-,18+/m0/s1. The van der Waals surface area contributed by atoms with Crippen molar-refractivity contribution >= 4 is 11.7 Å². The third kappa shape index (κ3) is 3.50. The summed E-state index contributed by atoms with van der Waals surface area (Å²) in [5, 5.41) is 23.2. The molecule has 0 aromatic heterocycles. The number of carboxylic acids is 1. The summed E-state index contributed by atoms with van der Waals surface area (Å²) >= 11 is 0. The Morgan fingerprint density at radius 3 is 2.64 bits per heavy atom. The summed E-state index contributed by atoms with van der Waals surface area (Å²) in [6.45, 7) is 8.12. The minimum atomic E-state index is -0.919. The molecular formula is C18H25NO3. The maximum absolute atomic E-state index is 11.0. The normalized spacial score (nSPS) is 19.0. The van der Waals surface area contributed by atoms with E-state index in [1.54, 1.807) is 18.2 Å². The topological polar surface area (TPSA) is 69.6 Å². The van der Waals surface area contributed by atoms with Crippen LogP contribution in [0.1, 0.15) is 56.5 Å². The van der Waals surface area contributed by atoms with Crippen molar-refractivity contribution in [2.75, 3.05) is 5.32 Å². The van der Waals surface area contributed by atoms with Crippen LogP contribution in [-0.4, -0.2) is 27.8 Å². The maximum atomic E-state index is 11.0. The Balaban J connectivity index is 2.08. The molecule has 0 aliphatic carbocycles. The molecule has 1 aliphatic heterocycles. The van der Waals surface area contributed by atoms with Crippen molar-refractivity contribution in [3.05, 3.63) is 40.5 Å². The predicted molar refractivity (Wildman–Crippen MR) is 88.4 cm³/mol. The summed E-state index contributed by atoms with van der Waals surface area (Å²) in [6, 6.07) is 4.99. The number of hydrogen-bond donors (Lipinski definition) is 3. The van der Waals surface area contributed by atoms with Gasteiger partial charge in [-0.2, -0.15) is 0 Å². The lowest BCUT2D eigenvalue weighted by molar-refractivity contribution is 0.0332. The fraction of sp³-hybridized carbons (Fsp3) is 0.500. The van der Waals surface area contributed by atoms with Crippen LogP contribution in [0.3, 0.4) is 0 Å². The molecule has 4 heteroatoms. The second kappa shape index (κ2) is 6.13. The van der Waals surface area contributed by atoms with Gasteiger partial charge in [-0.05, 0) is 70.7 Å². The molecular weight excluding hydrogens is 278 g/mol. The van der Waals surface area contributed by atoms with Crippen LogP contribution in [0.15, 0.2) is 29.3 Å². The van der Waals surface area contributed by atoms with Crippen molar-refractivity contribution in [1.82, 2.24) is 0 Å². The van der Waals surface area contributed by atoms with Crippen molar-refractivity contribution in [2.45, 2.75) is 58.6 Å². The number of allylic oxidation sites excluding steroid dienone is 2. The average molecular weight is 303 g/mol. The quantitative estimate of drug-likeness (QED) is 0.727. The molecule has 4 nitrogen and oxygen atoms in total. The number of hydrogen-bond acceptors (Lipinski definition) is 3. The highest BCUT2D eigenvalue weighted by Crippen LogP contribution is 2.34. The molecule has 1 aliphatic rings. The SMILES string of the molecule is CC(C)=C(C)CC[C@@](C)(O)[C@@H]1Cc2cc(C(=O)O)ccc2N1. The third-order valence-corrected chi connectivity index (χ3v) is 4.72. The zero-order chi connectivity index (χ0) is 16.5. The van der Waals surface area contributed by atoms with Crippen LogP contribution < -0.4 is 5.32 Å². The van der Waals surface area contributed by atoms with E-state index in [9.17, 15) is 9.90 Å². The van der Waals surface area contributed by atoms with E-state index >= 15 is 0 Å². The molecule has 0 fully saturated rings. The highest BCUT2D eigenvalue weighted by atomic mass is 16.4. The van der Waals surface area contributed by atoms with Gasteiger partial charge in [0.15, 0.2) is 0 Å². The minimum absolute atomic E-state index is 0.0866. The van der Waals surface area contributed by atoms with Crippen molar-refractivity contribution < 1.29 is 15.0 Å². The molecule has 0 unspecified atom stereocenters. The van der Waals surface area contributed by atoms with Gasteiger partial charge < -0.3 is 15.5 Å². The second-order valence-corrected chi connectivity index (χ2v) is 6.72. The molecule has 0 spiro atoms. The Morgan fingerprint density at radius 1 is 1.36 bits per heavy atom. The highest BCUT2D eigenvalue weighted by Gasteiger charge is 2.36. The zero-order valence-corrected chi connectivity index (χ0v) is 13.7. The summed E-state index contributed by atoms with van der Waals surface area (Å²) in [7, 11) is 0. The van der Waals surface area contributed by atoms with Crippen LogP contribution >= 0.6 is 0 Å². The van der Waals surface area contributed by atoms with Gasteiger partial charge in [-0.15, -0.1) is 0 Å². The van der Waals surface area contributed by atoms with Gasteiger partial charge in [-0.1, -0.05) is 11.1 Å². The van der Waals surface area contributed by atoms with Crippen molar-refractivity contribution in [3.8, 4) is 0 Å². The van der Waals surface area contributed by atoms with E-state index in [2.05, 4.69) is 26.1 Å². The summed E-state index contributed by atoms with van der Waals surface area (Å²) in [5.74, 6) is -0.919. The highest BCUT2D eigenvalue weighted by molar-refractivity contribution is 5.88. The second-order valence-electron chi connectivity index (χ2n) is 6.72. The lowest BCUT2D eigenvalue weighted by atomic mass is 9.87. The first-order valence-electron chi connectivity index (χ1n) is 7.69. The summed E-state index contributed by atoms with van der Waals surface area (Å²) in [4.78, 5) is 11.0. The van der Waals surface area contributed by atoms with Gasteiger partial charge in [0.05, 0.1) is 17.2 Å². The van der Waals surface area contributed by atoms with E-state index in [-0.39, 0.29) is 6.04 Å². The zero-order valence-electron chi connectivity index (χ0n) is 13.7. The first-order chi connectivity index (χ1) is 10.2. The van der Waals surface area contributed by atoms with Crippen LogP contribution in [0, 0.1) is 0 Å². The number of fused-ring (bicyclic) bond motifs is 1. The molecule has 0 saturated carbocycles. The first kappa shape index (κ1) is 16.6. The largest absolute Gasteiger partial charge is 0.478 e. The predicted octanol–water partition coefficient (Wildman–Crippen LogP) is 3.61. The molecule has 0 amide bonds. The molecule has 2 rings (SSSR count).